The van der Waals surface area contributed by atoms with Crippen molar-refractivity contribution in [2.45, 2.75) is 46.3 Å². The number of rotatable bonds is 7. The first-order chi connectivity index (χ1) is 12.0. The Hall–Kier alpha value is -2.49. The fourth-order valence-corrected chi connectivity index (χ4v) is 2.89. The summed E-state index contributed by atoms with van der Waals surface area (Å²) >= 11 is 0. The first-order valence-corrected chi connectivity index (χ1v) is 8.63. The van der Waals surface area contributed by atoms with E-state index in [1.807, 2.05) is 38.1 Å². The number of hydrogen-bond donors (Lipinski definition) is 1. The Morgan fingerprint density at radius 3 is 2.40 bits per heavy atom. The van der Waals surface area contributed by atoms with Crippen LogP contribution in [0.4, 0.5) is 0 Å². The molecule has 4 nitrogen and oxygen atoms in total. The standard InChI is InChI=1S/C21H27NO3/c1-6-18(25-20-10-8-7-9-19(20)24-5)21(23)22-16(4)17-12-11-14(2)13-15(17)3/h7-13,16,18H,6H2,1-5H3,(H,22,23). The Labute approximate surface area is 150 Å². The molecule has 4 heteroatoms. The number of benzene rings is 2. The highest BCUT2D eigenvalue weighted by Crippen LogP contribution is 2.27. The SMILES string of the molecule is CCC(Oc1ccccc1OC)C(=O)NC(C)c1ccc(C)cc1C. The molecule has 1 N–H and O–H groups in total. The zero-order valence-electron chi connectivity index (χ0n) is 15.6. The van der Waals surface area contributed by atoms with Crippen LogP contribution in [-0.4, -0.2) is 19.1 Å². The minimum atomic E-state index is -0.565. The number of methoxy groups -OCH3 is 1. The zero-order chi connectivity index (χ0) is 18.4. The van der Waals surface area contributed by atoms with E-state index in [9.17, 15) is 4.79 Å². The molecule has 2 rings (SSSR count). The van der Waals surface area contributed by atoms with E-state index in [0.29, 0.717) is 17.9 Å². The van der Waals surface area contributed by atoms with Gasteiger partial charge in [-0.3, -0.25) is 4.79 Å². The summed E-state index contributed by atoms with van der Waals surface area (Å²) in [7, 11) is 1.59. The average molecular weight is 341 g/mol. The molecule has 25 heavy (non-hydrogen) atoms. The van der Waals surface area contributed by atoms with Gasteiger partial charge in [-0.2, -0.15) is 0 Å². The number of ether oxygens (including phenoxy) is 2. The number of amides is 1. The molecule has 2 unspecified atom stereocenters. The summed E-state index contributed by atoms with van der Waals surface area (Å²) in [6.45, 7) is 8.05. The van der Waals surface area contributed by atoms with Crippen LogP contribution in [0.15, 0.2) is 42.5 Å². The van der Waals surface area contributed by atoms with Crippen molar-refractivity contribution in [3.8, 4) is 11.5 Å². The second kappa shape index (κ2) is 8.56. The predicted molar refractivity (Wildman–Crippen MR) is 100 cm³/mol. The van der Waals surface area contributed by atoms with Gasteiger partial charge in [0.2, 0.25) is 0 Å². The molecule has 0 saturated carbocycles. The minimum Gasteiger partial charge on any atom is -0.493 e. The van der Waals surface area contributed by atoms with Gasteiger partial charge in [-0.15, -0.1) is 0 Å². The zero-order valence-corrected chi connectivity index (χ0v) is 15.6. The monoisotopic (exact) mass is 341 g/mol. The molecular formula is C21H27NO3. The van der Waals surface area contributed by atoms with Crippen molar-refractivity contribution in [2.24, 2.45) is 0 Å². The Morgan fingerprint density at radius 1 is 1.12 bits per heavy atom. The number of aryl methyl sites for hydroxylation is 2. The lowest BCUT2D eigenvalue weighted by atomic mass is 10.00. The molecule has 0 bridgehead atoms. The summed E-state index contributed by atoms with van der Waals surface area (Å²) < 4.78 is 11.2. The van der Waals surface area contributed by atoms with Crippen LogP contribution in [0.1, 0.15) is 43.0 Å². The Bertz CT molecular complexity index is 727. The molecule has 0 aliphatic heterocycles. The third kappa shape index (κ3) is 4.75. The van der Waals surface area contributed by atoms with Gasteiger partial charge in [0, 0.05) is 0 Å². The number of hydrogen-bond acceptors (Lipinski definition) is 3. The van der Waals surface area contributed by atoms with Crippen LogP contribution in [0.3, 0.4) is 0 Å². The van der Waals surface area contributed by atoms with Crippen LogP contribution in [0.25, 0.3) is 0 Å². The molecule has 0 spiro atoms. The number of para-hydroxylation sites is 2. The van der Waals surface area contributed by atoms with Gasteiger partial charge in [-0.1, -0.05) is 42.8 Å². The van der Waals surface area contributed by atoms with Gasteiger partial charge in [0.05, 0.1) is 13.2 Å². The molecule has 0 heterocycles. The van der Waals surface area contributed by atoms with Gasteiger partial charge in [0.25, 0.3) is 5.91 Å². The van der Waals surface area contributed by atoms with Gasteiger partial charge in [-0.05, 0) is 50.5 Å². The van der Waals surface area contributed by atoms with Crippen molar-refractivity contribution in [1.82, 2.24) is 5.32 Å². The van der Waals surface area contributed by atoms with Crippen molar-refractivity contribution < 1.29 is 14.3 Å². The van der Waals surface area contributed by atoms with Gasteiger partial charge >= 0.3 is 0 Å². The molecule has 2 atom stereocenters. The lowest BCUT2D eigenvalue weighted by molar-refractivity contribution is -0.128. The summed E-state index contributed by atoms with van der Waals surface area (Å²) in [6.07, 6.45) is 0.00763. The predicted octanol–water partition coefficient (Wildman–Crippen LogP) is 4.35. The van der Waals surface area contributed by atoms with Crippen molar-refractivity contribution in [2.75, 3.05) is 7.11 Å². The third-order valence-electron chi connectivity index (χ3n) is 4.25. The van der Waals surface area contributed by atoms with Gasteiger partial charge in [-0.25, -0.2) is 0 Å². The van der Waals surface area contributed by atoms with Gasteiger partial charge in [0.15, 0.2) is 17.6 Å². The second-order valence-electron chi connectivity index (χ2n) is 6.26. The first kappa shape index (κ1) is 18.8. The maximum absolute atomic E-state index is 12.7. The highest BCUT2D eigenvalue weighted by atomic mass is 16.5. The second-order valence-corrected chi connectivity index (χ2v) is 6.26. The van der Waals surface area contributed by atoms with E-state index in [1.165, 1.54) is 11.1 Å². The van der Waals surface area contributed by atoms with E-state index in [2.05, 4.69) is 37.4 Å². The molecule has 0 saturated heterocycles. The van der Waals surface area contributed by atoms with Crippen LogP contribution >= 0.6 is 0 Å². The number of nitrogens with one attached hydrogen (secondary N) is 1. The molecule has 134 valence electrons. The number of carbonyl (C=O) groups is 1. The van der Waals surface area contributed by atoms with Crippen molar-refractivity contribution in [1.29, 1.82) is 0 Å². The van der Waals surface area contributed by atoms with Crippen molar-refractivity contribution in [3.63, 3.8) is 0 Å². The Morgan fingerprint density at radius 2 is 1.80 bits per heavy atom. The Balaban J connectivity index is 2.09. The molecular weight excluding hydrogens is 314 g/mol. The van der Waals surface area contributed by atoms with E-state index in [1.54, 1.807) is 7.11 Å². The normalized spacial score (nSPS) is 13.0. The summed E-state index contributed by atoms with van der Waals surface area (Å²) in [5.74, 6) is 1.07. The number of carbonyl (C=O) groups excluding carboxylic acids is 1. The van der Waals surface area contributed by atoms with E-state index in [-0.39, 0.29) is 11.9 Å². The smallest absolute Gasteiger partial charge is 0.261 e. The van der Waals surface area contributed by atoms with Crippen molar-refractivity contribution in [3.05, 3.63) is 59.2 Å². The molecule has 0 aliphatic carbocycles. The van der Waals surface area contributed by atoms with Gasteiger partial charge in [0.1, 0.15) is 0 Å². The van der Waals surface area contributed by atoms with E-state index >= 15 is 0 Å². The van der Waals surface area contributed by atoms with E-state index in [0.717, 1.165) is 5.56 Å². The summed E-state index contributed by atoms with van der Waals surface area (Å²) in [5, 5.41) is 3.06. The molecule has 1 amide bonds. The highest BCUT2D eigenvalue weighted by molar-refractivity contribution is 5.81. The van der Waals surface area contributed by atoms with Gasteiger partial charge < -0.3 is 14.8 Å². The fraction of sp³-hybridized carbons (Fsp3) is 0.381. The summed E-state index contributed by atoms with van der Waals surface area (Å²) in [4.78, 5) is 12.7. The maximum atomic E-state index is 12.7. The topological polar surface area (TPSA) is 47.6 Å². The fourth-order valence-electron chi connectivity index (χ4n) is 2.89. The molecule has 0 fully saturated rings. The lowest BCUT2D eigenvalue weighted by Gasteiger charge is -2.22. The minimum absolute atomic E-state index is 0.0802. The van der Waals surface area contributed by atoms with E-state index < -0.39 is 6.10 Å². The Kier molecular flexibility index (Phi) is 6.45. The average Bonchev–Trinajstić information content (AvgIpc) is 2.59. The van der Waals surface area contributed by atoms with E-state index in [4.69, 9.17) is 9.47 Å². The lowest BCUT2D eigenvalue weighted by Crippen LogP contribution is -2.39. The quantitative estimate of drug-likeness (QED) is 0.814. The largest absolute Gasteiger partial charge is 0.493 e. The van der Waals surface area contributed by atoms with Crippen LogP contribution in [0.5, 0.6) is 11.5 Å². The molecule has 0 aliphatic rings. The summed E-state index contributed by atoms with van der Waals surface area (Å²) in [5.41, 5.74) is 3.50. The van der Waals surface area contributed by atoms with Crippen LogP contribution in [-0.2, 0) is 4.79 Å². The van der Waals surface area contributed by atoms with Crippen LogP contribution in [0.2, 0.25) is 0 Å². The van der Waals surface area contributed by atoms with Crippen LogP contribution < -0.4 is 14.8 Å². The third-order valence-corrected chi connectivity index (χ3v) is 4.25. The molecule has 0 radical (unpaired) electrons. The first-order valence-electron chi connectivity index (χ1n) is 8.63. The molecule has 0 aromatic heterocycles. The summed E-state index contributed by atoms with van der Waals surface area (Å²) in [6, 6.07) is 13.5. The molecule has 2 aromatic carbocycles. The van der Waals surface area contributed by atoms with Crippen molar-refractivity contribution >= 4 is 5.91 Å². The maximum Gasteiger partial charge on any atom is 0.261 e. The molecule has 2 aromatic rings. The highest BCUT2D eigenvalue weighted by Gasteiger charge is 2.22. The van der Waals surface area contributed by atoms with Crippen LogP contribution in [0, 0.1) is 13.8 Å².